The van der Waals surface area contributed by atoms with E-state index in [-0.39, 0.29) is 11.5 Å². The molecule has 35 heavy (non-hydrogen) atoms. The van der Waals surface area contributed by atoms with Gasteiger partial charge in [-0.05, 0) is 47.5 Å². The highest BCUT2D eigenvalue weighted by atomic mass is 19.4. The molecular weight excluding hydrogens is 457 g/mol. The van der Waals surface area contributed by atoms with Gasteiger partial charge in [-0.1, -0.05) is 36.4 Å². The first-order valence-corrected chi connectivity index (χ1v) is 11.1. The number of aromatic amines is 1. The number of carbonyl (C=O) groups excluding carboxylic acids is 1. The smallest absolute Gasteiger partial charge is 0.339 e. The third kappa shape index (κ3) is 4.62. The highest BCUT2D eigenvalue weighted by molar-refractivity contribution is 5.95. The monoisotopic (exact) mass is 478 g/mol. The number of amides is 1. The van der Waals surface area contributed by atoms with Crippen LogP contribution in [0.5, 0.6) is 0 Å². The largest absolute Gasteiger partial charge is 0.416 e. The van der Waals surface area contributed by atoms with Crippen LogP contribution >= 0.6 is 0 Å². The normalized spacial score (nSPS) is 14.4. The fourth-order valence-electron chi connectivity index (χ4n) is 4.23. The summed E-state index contributed by atoms with van der Waals surface area (Å²) in [5, 5.41) is 0.519. The zero-order valence-electron chi connectivity index (χ0n) is 18.5. The van der Waals surface area contributed by atoms with Gasteiger partial charge in [-0.15, -0.1) is 0 Å². The zero-order chi connectivity index (χ0) is 24.6. The summed E-state index contributed by atoms with van der Waals surface area (Å²) in [5.41, 5.74) is 1.00. The lowest BCUT2D eigenvalue weighted by Gasteiger charge is -2.35. The van der Waals surface area contributed by atoms with Gasteiger partial charge in [0.1, 0.15) is 0 Å². The van der Waals surface area contributed by atoms with Gasteiger partial charge in [0.2, 0.25) is 5.95 Å². The molecule has 1 fully saturated rings. The molecule has 0 saturated carbocycles. The van der Waals surface area contributed by atoms with E-state index in [0.717, 1.165) is 12.1 Å². The number of nitrogens with zero attached hydrogens (tertiary/aromatic N) is 3. The predicted molar refractivity (Wildman–Crippen MR) is 127 cm³/mol. The summed E-state index contributed by atoms with van der Waals surface area (Å²) in [4.78, 5) is 36.5. The minimum atomic E-state index is -4.44. The van der Waals surface area contributed by atoms with Crippen LogP contribution < -0.4 is 10.5 Å². The van der Waals surface area contributed by atoms with E-state index in [1.54, 1.807) is 53.4 Å². The molecule has 0 atom stereocenters. The summed E-state index contributed by atoms with van der Waals surface area (Å²) in [6.07, 6.45) is -4.44. The molecule has 1 saturated heterocycles. The number of benzene rings is 3. The lowest BCUT2D eigenvalue weighted by molar-refractivity contribution is -0.137. The lowest BCUT2D eigenvalue weighted by atomic mass is 10.0. The third-order valence-corrected chi connectivity index (χ3v) is 6.10. The van der Waals surface area contributed by atoms with Crippen molar-refractivity contribution < 1.29 is 18.0 Å². The Kier molecular flexibility index (Phi) is 5.76. The van der Waals surface area contributed by atoms with Crippen molar-refractivity contribution in [2.75, 3.05) is 31.1 Å². The average molecular weight is 478 g/mol. The topological polar surface area (TPSA) is 69.3 Å². The standard InChI is InChI=1S/C26H21F3N4O2/c27-26(28,29)20-8-4-6-18(16-20)17-5-3-7-19(15-17)24(35)32-11-13-33(14-12-32)25-30-22-10-2-1-9-21(22)23(34)31-25/h1-10,15-16H,11-14H2,(H,30,31,34). The first-order valence-electron chi connectivity index (χ1n) is 11.1. The SMILES string of the molecule is O=C(c1cccc(-c2cccc(C(F)(F)F)c2)c1)N1CCN(c2nc3ccccc3c(=O)[nH]2)CC1. The molecule has 3 aromatic carbocycles. The fraction of sp³-hybridized carbons (Fsp3) is 0.192. The number of rotatable bonds is 3. The van der Waals surface area contributed by atoms with Crippen LogP contribution in [0.25, 0.3) is 22.0 Å². The third-order valence-electron chi connectivity index (χ3n) is 6.10. The maximum Gasteiger partial charge on any atom is 0.416 e. The van der Waals surface area contributed by atoms with Gasteiger partial charge in [-0.3, -0.25) is 14.6 Å². The molecule has 1 aromatic heterocycles. The molecule has 0 spiro atoms. The molecule has 0 unspecified atom stereocenters. The van der Waals surface area contributed by atoms with Crippen LogP contribution in [0.2, 0.25) is 0 Å². The van der Waals surface area contributed by atoms with E-state index >= 15 is 0 Å². The average Bonchev–Trinajstić information content (AvgIpc) is 2.88. The van der Waals surface area contributed by atoms with Crippen LogP contribution in [0, 0.1) is 0 Å². The van der Waals surface area contributed by atoms with Crippen molar-refractivity contribution in [1.29, 1.82) is 0 Å². The number of alkyl halides is 3. The van der Waals surface area contributed by atoms with Crippen LogP contribution in [0.1, 0.15) is 15.9 Å². The van der Waals surface area contributed by atoms with Gasteiger partial charge in [-0.2, -0.15) is 13.2 Å². The van der Waals surface area contributed by atoms with Gasteiger partial charge < -0.3 is 9.80 Å². The van der Waals surface area contributed by atoms with E-state index in [1.807, 2.05) is 11.0 Å². The maximum absolute atomic E-state index is 13.1. The highest BCUT2D eigenvalue weighted by Crippen LogP contribution is 2.32. The Labute approximate surface area is 198 Å². The van der Waals surface area contributed by atoms with Gasteiger partial charge in [0.15, 0.2) is 0 Å². The molecule has 9 heteroatoms. The van der Waals surface area contributed by atoms with Crippen molar-refractivity contribution in [3.63, 3.8) is 0 Å². The molecule has 0 bridgehead atoms. The van der Waals surface area contributed by atoms with Crippen LogP contribution in [-0.2, 0) is 6.18 Å². The number of hydrogen-bond donors (Lipinski definition) is 1. The Morgan fingerprint density at radius 3 is 2.29 bits per heavy atom. The summed E-state index contributed by atoms with van der Waals surface area (Å²) < 4.78 is 39.3. The summed E-state index contributed by atoms with van der Waals surface area (Å²) in [7, 11) is 0. The number of carbonyl (C=O) groups is 1. The summed E-state index contributed by atoms with van der Waals surface area (Å²) in [6, 6.07) is 18.8. The van der Waals surface area contributed by atoms with Crippen molar-refractivity contribution >= 4 is 22.8 Å². The second kappa shape index (κ2) is 8.90. The Morgan fingerprint density at radius 1 is 0.857 bits per heavy atom. The van der Waals surface area contributed by atoms with E-state index in [0.29, 0.717) is 59.7 Å². The first kappa shape index (κ1) is 22.6. The minimum absolute atomic E-state index is 0.196. The number of para-hydroxylation sites is 1. The number of aromatic nitrogens is 2. The van der Waals surface area contributed by atoms with Crippen molar-refractivity contribution in [2.45, 2.75) is 6.18 Å². The number of fused-ring (bicyclic) bond motifs is 1. The molecule has 4 aromatic rings. The van der Waals surface area contributed by atoms with Crippen LogP contribution in [-0.4, -0.2) is 47.0 Å². The molecule has 1 aliphatic heterocycles. The molecule has 1 amide bonds. The molecule has 1 aliphatic rings. The van der Waals surface area contributed by atoms with Gasteiger partial charge in [0.05, 0.1) is 16.5 Å². The van der Waals surface area contributed by atoms with Crippen LogP contribution in [0.4, 0.5) is 19.1 Å². The van der Waals surface area contributed by atoms with Gasteiger partial charge in [0.25, 0.3) is 11.5 Å². The van der Waals surface area contributed by atoms with Crippen molar-refractivity contribution in [1.82, 2.24) is 14.9 Å². The van der Waals surface area contributed by atoms with Gasteiger partial charge >= 0.3 is 6.18 Å². The minimum Gasteiger partial charge on any atom is -0.339 e. The number of piperazine rings is 1. The number of H-pyrrole nitrogens is 1. The maximum atomic E-state index is 13.1. The second-order valence-corrected chi connectivity index (χ2v) is 8.35. The molecule has 178 valence electrons. The lowest BCUT2D eigenvalue weighted by Crippen LogP contribution is -2.49. The summed E-state index contributed by atoms with van der Waals surface area (Å²) in [6.45, 7) is 1.81. The Balaban J connectivity index is 1.31. The van der Waals surface area contributed by atoms with E-state index in [1.165, 1.54) is 6.07 Å². The van der Waals surface area contributed by atoms with Gasteiger partial charge in [0, 0.05) is 31.7 Å². The van der Waals surface area contributed by atoms with Crippen molar-refractivity contribution in [3.05, 3.63) is 94.3 Å². The highest BCUT2D eigenvalue weighted by Gasteiger charge is 2.30. The summed E-state index contributed by atoms with van der Waals surface area (Å²) >= 11 is 0. The number of halogens is 3. The quantitative estimate of drug-likeness (QED) is 0.468. The fourth-order valence-corrected chi connectivity index (χ4v) is 4.23. The van der Waals surface area contributed by atoms with Crippen molar-refractivity contribution in [2.24, 2.45) is 0 Å². The Bertz CT molecular complexity index is 1460. The molecular formula is C26H21F3N4O2. The van der Waals surface area contributed by atoms with Crippen LogP contribution in [0.15, 0.2) is 77.6 Å². The zero-order valence-corrected chi connectivity index (χ0v) is 18.5. The van der Waals surface area contributed by atoms with E-state index in [4.69, 9.17) is 0 Å². The van der Waals surface area contributed by atoms with E-state index < -0.39 is 11.7 Å². The van der Waals surface area contributed by atoms with E-state index in [2.05, 4.69) is 9.97 Å². The molecule has 0 aliphatic carbocycles. The molecule has 0 radical (unpaired) electrons. The predicted octanol–water partition coefficient (Wildman–Crippen LogP) is 4.57. The molecule has 1 N–H and O–H groups in total. The molecule has 5 rings (SSSR count). The van der Waals surface area contributed by atoms with E-state index in [9.17, 15) is 22.8 Å². The molecule has 2 heterocycles. The second-order valence-electron chi connectivity index (χ2n) is 8.35. The molecule has 6 nitrogen and oxygen atoms in total. The summed E-state index contributed by atoms with van der Waals surface area (Å²) in [5.74, 6) is 0.269. The Hall–Kier alpha value is -4.14. The van der Waals surface area contributed by atoms with Crippen molar-refractivity contribution in [3.8, 4) is 11.1 Å². The first-order chi connectivity index (χ1) is 16.8. The Morgan fingerprint density at radius 2 is 1.54 bits per heavy atom. The number of anilines is 1. The number of nitrogens with one attached hydrogen (secondary N) is 1. The van der Waals surface area contributed by atoms with Crippen LogP contribution in [0.3, 0.4) is 0 Å². The van der Waals surface area contributed by atoms with Gasteiger partial charge in [-0.25, -0.2) is 4.98 Å². The number of hydrogen-bond acceptors (Lipinski definition) is 4.